The number of aryl methyl sites for hydroxylation is 1. The smallest absolute Gasteiger partial charge is 0.323 e. The van der Waals surface area contributed by atoms with Crippen molar-refractivity contribution in [3.63, 3.8) is 0 Å². The van der Waals surface area contributed by atoms with E-state index >= 15 is 0 Å². The molecule has 0 aliphatic rings. The molecule has 146 valence electrons. The Morgan fingerprint density at radius 3 is 2.24 bits per heavy atom. The molecule has 0 unspecified atom stereocenters. The molecule has 1 heterocycles. The van der Waals surface area contributed by atoms with Gasteiger partial charge in [-0.2, -0.15) is 0 Å². The van der Waals surface area contributed by atoms with Gasteiger partial charge in [0.2, 0.25) is 0 Å². The van der Waals surface area contributed by atoms with Crippen molar-refractivity contribution in [2.75, 3.05) is 0 Å². The number of carbonyl (C=O) groups is 1. The maximum atomic E-state index is 13.2. The first-order chi connectivity index (χ1) is 13.8. The van der Waals surface area contributed by atoms with Gasteiger partial charge in [-0.1, -0.05) is 50.2 Å². The summed E-state index contributed by atoms with van der Waals surface area (Å²) < 4.78 is 1.72. The zero-order valence-electron chi connectivity index (χ0n) is 16.8. The van der Waals surface area contributed by atoms with Gasteiger partial charge in [-0.25, -0.2) is 0 Å². The first-order valence-corrected chi connectivity index (χ1v) is 9.74. The molecule has 4 aromatic rings. The number of hydrogen-bond donors (Lipinski definition) is 1. The number of aliphatic carboxylic acids is 1. The molecule has 0 saturated heterocycles. The van der Waals surface area contributed by atoms with E-state index in [1.807, 2.05) is 37.3 Å². The highest BCUT2D eigenvalue weighted by Gasteiger charge is 2.14. The van der Waals surface area contributed by atoms with Crippen LogP contribution in [-0.2, 0) is 11.3 Å². The summed E-state index contributed by atoms with van der Waals surface area (Å²) >= 11 is 0. The van der Waals surface area contributed by atoms with Crippen molar-refractivity contribution in [2.45, 2.75) is 33.2 Å². The molecule has 0 aliphatic heterocycles. The average Bonchev–Trinajstić information content (AvgIpc) is 2.70. The summed E-state index contributed by atoms with van der Waals surface area (Å²) in [5, 5.41) is 10.5. The molecule has 1 aromatic heterocycles. The van der Waals surface area contributed by atoms with E-state index in [1.54, 1.807) is 10.6 Å². The SMILES string of the molecule is Cc1ccc2c(=O)c3cc(-c4ccc(C(C)C)cc4)ccc3n(CC(=O)O)c2c1. The third-order valence-electron chi connectivity index (χ3n) is 5.42. The van der Waals surface area contributed by atoms with E-state index in [9.17, 15) is 14.7 Å². The predicted molar refractivity (Wildman–Crippen MR) is 118 cm³/mol. The van der Waals surface area contributed by atoms with Crippen LogP contribution < -0.4 is 5.43 Å². The highest BCUT2D eigenvalue weighted by atomic mass is 16.4. The lowest BCUT2D eigenvalue weighted by molar-refractivity contribution is -0.137. The van der Waals surface area contributed by atoms with Gasteiger partial charge in [0, 0.05) is 10.8 Å². The number of nitrogens with zero attached hydrogens (tertiary/aromatic N) is 1. The van der Waals surface area contributed by atoms with Gasteiger partial charge in [-0.15, -0.1) is 0 Å². The number of aromatic nitrogens is 1. The second-order valence-corrected chi connectivity index (χ2v) is 7.84. The fraction of sp³-hybridized carbons (Fsp3) is 0.200. The minimum absolute atomic E-state index is 0.0720. The van der Waals surface area contributed by atoms with E-state index in [4.69, 9.17) is 0 Å². The molecule has 0 spiro atoms. The number of benzene rings is 3. The zero-order valence-corrected chi connectivity index (χ0v) is 16.8. The van der Waals surface area contributed by atoms with Crippen LogP contribution >= 0.6 is 0 Å². The Morgan fingerprint density at radius 2 is 1.59 bits per heavy atom. The molecule has 0 radical (unpaired) electrons. The van der Waals surface area contributed by atoms with Crippen LogP contribution in [0, 0.1) is 6.92 Å². The average molecular weight is 385 g/mol. The Morgan fingerprint density at radius 1 is 0.897 bits per heavy atom. The van der Waals surface area contributed by atoms with Gasteiger partial charge >= 0.3 is 5.97 Å². The van der Waals surface area contributed by atoms with Crippen molar-refractivity contribution in [1.29, 1.82) is 0 Å². The van der Waals surface area contributed by atoms with Crippen molar-refractivity contribution < 1.29 is 9.90 Å². The molecule has 3 aromatic carbocycles. The fourth-order valence-corrected chi connectivity index (χ4v) is 3.83. The second-order valence-electron chi connectivity index (χ2n) is 7.84. The summed E-state index contributed by atoms with van der Waals surface area (Å²) in [6.07, 6.45) is 0. The van der Waals surface area contributed by atoms with Crippen molar-refractivity contribution >= 4 is 27.8 Å². The van der Waals surface area contributed by atoms with Gasteiger partial charge in [-0.3, -0.25) is 9.59 Å². The molecular weight excluding hydrogens is 362 g/mol. The molecule has 29 heavy (non-hydrogen) atoms. The first-order valence-electron chi connectivity index (χ1n) is 9.74. The van der Waals surface area contributed by atoms with Gasteiger partial charge in [0.05, 0.1) is 11.0 Å². The van der Waals surface area contributed by atoms with Crippen LogP contribution in [0.25, 0.3) is 32.9 Å². The Hall–Kier alpha value is -3.40. The Bertz CT molecular complexity index is 1300. The van der Waals surface area contributed by atoms with E-state index in [-0.39, 0.29) is 12.0 Å². The van der Waals surface area contributed by atoms with Crippen LogP contribution in [-0.4, -0.2) is 15.6 Å². The van der Waals surface area contributed by atoms with Crippen LogP contribution in [0.5, 0.6) is 0 Å². The number of carboxylic acids is 1. The van der Waals surface area contributed by atoms with Crippen LogP contribution in [0.15, 0.2) is 65.5 Å². The summed E-state index contributed by atoms with van der Waals surface area (Å²) in [6.45, 7) is 6.05. The molecule has 0 amide bonds. The predicted octanol–water partition coefficient (Wildman–Crippen LogP) is 5.34. The van der Waals surface area contributed by atoms with Crippen LogP contribution in [0.3, 0.4) is 0 Å². The summed E-state index contributed by atoms with van der Waals surface area (Å²) in [6, 6.07) is 19.6. The zero-order chi connectivity index (χ0) is 20.7. The van der Waals surface area contributed by atoms with Crippen LogP contribution in [0.1, 0.15) is 30.9 Å². The van der Waals surface area contributed by atoms with E-state index in [0.717, 1.165) is 16.7 Å². The Labute approximate surface area is 169 Å². The maximum Gasteiger partial charge on any atom is 0.323 e. The highest BCUT2D eigenvalue weighted by Crippen LogP contribution is 2.27. The molecule has 0 atom stereocenters. The van der Waals surface area contributed by atoms with Crippen LogP contribution in [0.2, 0.25) is 0 Å². The maximum absolute atomic E-state index is 13.2. The largest absolute Gasteiger partial charge is 0.480 e. The number of fused-ring (bicyclic) bond motifs is 2. The van der Waals surface area contributed by atoms with E-state index in [1.165, 1.54) is 5.56 Å². The molecule has 0 bridgehead atoms. The van der Waals surface area contributed by atoms with Crippen molar-refractivity contribution in [3.05, 3.63) is 82.0 Å². The quantitative estimate of drug-likeness (QED) is 0.483. The highest BCUT2D eigenvalue weighted by molar-refractivity contribution is 5.96. The molecular formula is C25H23NO3. The lowest BCUT2D eigenvalue weighted by atomic mass is 9.97. The van der Waals surface area contributed by atoms with Crippen molar-refractivity contribution in [2.24, 2.45) is 0 Å². The lowest BCUT2D eigenvalue weighted by Gasteiger charge is -2.15. The topological polar surface area (TPSA) is 59.3 Å². The standard InChI is InChI=1S/C25H23NO3/c1-15(2)17-5-7-18(8-6-17)19-9-11-22-21(13-19)25(29)20-10-4-16(3)12-23(20)26(22)14-24(27)28/h4-13,15H,14H2,1-3H3,(H,27,28). The molecule has 1 N–H and O–H groups in total. The Balaban J connectivity index is 1.98. The van der Waals surface area contributed by atoms with Gasteiger partial charge < -0.3 is 9.67 Å². The summed E-state index contributed by atoms with van der Waals surface area (Å²) in [5.74, 6) is -0.482. The van der Waals surface area contributed by atoms with E-state index < -0.39 is 5.97 Å². The second kappa shape index (κ2) is 7.21. The first kappa shape index (κ1) is 18.9. The lowest BCUT2D eigenvalue weighted by Crippen LogP contribution is -2.16. The van der Waals surface area contributed by atoms with Crippen molar-refractivity contribution in [3.8, 4) is 11.1 Å². The van der Waals surface area contributed by atoms with E-state index in [0.29, 0.717) is 27.7 Å². The third kappa shape index (κ3) is 3.42. The molecule has 0 aliphatic carbocycles. The summed E-state index contributed by atoms with van der Waals surface area (Å²) in [7, 11) is 0. The third-order valence-corrected chi connectivity index (χ3v) is 5.42. The van der Waals surface area contributed by atoms with E-state index in [2.05, 4.69) is 38.1 Å². The molecule has 0 saturated carbocycles. The Kier molecular flexibility index (Phi) is 4.71. The molecule has 4 heteroatoms. The van der Waals surface area contributed by atoms with Crippen LogP contribution in [0.4, 0.5) is 0 Å². The van der Waals surface area contributed by atoms with Gasteiger partial charge in [-0.05, 0) is 59.4 Å². The number of pyridine rings is 1. The number of hydrogen-bond acceptors (Lipinski definition) is 2. The minimum Gasteiger partial charge on any atom is -0.480 e. The molecule has 4 nitrogen and oxygen atoms in total. The van der Waals surface area contributed by atoms with Gasteiger partial charge in [0.1, 0.15) is 6.54 Å². The fourth-order valence-electron chi connectivity index (χ4n) is 3.83. The van der Waals surface area contributed by atoms with Gasteiger partial charge in [0.15, 0.2) is 5.43 Å². The summed E-state index contributed by atoms with van der Waals surface area (Å²) in [5.41, 5.74) is 5.44. The number of rotatable bonds is 4. The monoisotopic (exact) mass is 385 g/mol. The molecule has 4 rings (SSSR count). The molecule has 0 fully saturated rings. The van der Waals surface area contributed by atoms with Crippen molar-refractivity contribution in [1.82, 2.24) is 4.57 Å². The minimum atomic E-state index is -0.939. The van der Waals surface area contributed by atoms with Gasteiger partial charge in [0.25, 0.3) is 0 Å². The normalized spacial score (nSPS) is 11.4. The number of carboxylic acid groups (broad SMARTS) is 1. The summed E-state index contributed by atoms with van der Waals surface area (Å²) in [4.78, 5) is 24.7.